The van der Waals surface area contributed by atoms with Crippen molar-refractivity contribution in [1.82, 2.24) is 14.5 Å². The van der Waals surface area contributed by atoms with Crippen molar-refractivity contribution < 1.29 is 27.1 Å². The van der Waals surface area contributed by atoms with E-state index < -0.39 is 35.4 Å². The number of anilines is 1. The molecule has 0 fully saturated rings. The second kappa shape index (κ2) is 10.2. The van der Waals surface area contributed by atoms with Gasteiger partial charge in [0, 0.05) is 12.1 Å². The number of nitrogen functional groups attached to an aromatic ring is 1. The highest BCUT2D eigenvalue weighted by Gasteiger charge is 2.33. The molecule has 0 saturated carbocycles. The van der Waals surface area contributed by atoms with Gasteiger partial charge in [-0.2, -0.15) is 13.2 Å². The maximum Gasteiger partial charge on any atom is 0.416 e. The summed E-state index contributed by atoms with van der Waals surface area (Å²) in [5, 5.41) is 0. The van der Waals surface area contributed by atoms with Crippen LogP contribution in [0.4, 0.5) is 28.3 Å². The number of fused-ring (bicyclic) bond motifs is 1. The molecule has 0 bridgehead atoms. The fourth-order valence-corrected chi connectivity index (χ4v) is 4.61. The molecule has 0 unspecified atom stereocenters. The maximum atomic E-state index is 14.2. The number of benzene rings is 3. The van der Waals surface area contributed by atoms with E-state index in [0.29, 0.717) is 11.6 Å². The van der Waals surface area contributed by atoms with Crippen LogP contribution < -0.4 is 16.0 Å². The molecule has 11 heteroatoms. The van der Waals surface area contributed by atoms with Crippen LogP contribution in [-0.4, -0.2) is 27.1 Å². The number of carbonyl (C=O) groups is 1. The molecule has 2 heterocycles. The van der Waals surface area contributed by atoms with Gasteiger partial charge in [0.15, 0.2) is 11.6 Å². The molecule has 200 valence electrons. The molecule has 0 saturated heterocycles. The van der Waals surface area contributed by atoms with E-state index >= 15 is 0 Å². The smallest absolute Gasteiger partial charge is 0.407 e. The number of nitrogens with zero attached hydrogens (tertiary/aromatic N) is 3. The lowest BCUT2D eigenvalue weighted by Crippen LogP contribution is -2.43. The minimum Gasteiger partial charge on any atom is -0.407 e. The fourth-order valence-electron chi connectivity index (χ4n) is 4.61. The largest absolute Gasteiger partial charge is 0.416 e. The zero-order valence-electron chi connectivity index (χ0n) is 20.4. The van der Waals surface area contributed by atoms with Crippen molar-refractivity contribution in [1.29, 1.82) is 0 Å². The SMILES string of the molecule is Nc1nc2c(c(=O)n1C(c1ccccc1)c1ccccc1)CCN(C(=O)Oc1ccc(C(F)(F)F)cc1F)C2. The zero-order chi connectivity index (χ0) is 27.7. The molecule has 0 radical (unpaired) electrons. The normalized spacial score (nSPS) is 13.3. The standard InChI is InChI=1S/C28H22F4N4O3/c29-21-15-19(28(30,31)32)11-12-23(21)39-27(38)35-14-13-20-22(16-35)34-26(33)36(25(20)37)24(17-7-3-1-4-8-17)18-9-5-2-6-10-18/h1-12,15,24H,13-14,16H2,(H2,33,34). The Balaban J connectivity index is 1.43. The van der Waals surface area contributed by atoms with Crippen LogP contribution in [0.3, 0.4) is 0 Å². The zero-order valence-corrected chi connectivity index (χ0v) is 20.4. The lowest BCUT2D eigenvalue weighted by atomic mass is 9.97. The van der Waals surface area contributed by atoms with Crippen molar-refractivity contribution in [3.63, 3.8) is 0 Å². The van der Waals surface area contributed by atoms with Crippen molar-refractivity contribution in [3.05, 3.63) is 123 Å². The van der Waals surface area contributed by atoms with Gasteiger partial charge in [0.25, 0.3) is 5.56 Å². The summed E-state index contributed by atoms with van der Waals surface area (Å²) in [7, 11) is 0. The third-order valence-electron chi connectivity index (χ3n) is 6.50. The maximum absolute atomic E-state index is 14.2. The Morgan fingerprint density at radius 3 is 2.15 bits per heavy atom. The van der Waals surface area contributed by atoms with Crippen molar-refractivity contribution in [2.75, 3.05) is 12.3 Å². The van der Waals surface area contributed by atoms with Gasteiger partial charge in [-0.05, 0) is 35.7 Å². The Hall–Kier alpha value is -4.67. The van der Waals surface area contributed by atoms with Gasteiger partial charge in [-0.25, -0.2) is 14.2 Å². The minimum atomic E-state index is -4.74. The fraction of sp³-hybridized carbons (Fsp3) is 0.179. The quantitative estimate of drug-likeness (QED) is 0.362. The number of hydrogen-bond acceptors (Lipinski definition) is 5. The molecule has 5 rings (SSSR count). The van der Waals surface area contributed by atoms with E-state index in [4.69, 9.17) is 10.5 Å². The highest BCUT2D eigenvalue weighted by Crippen LogP contribution is 2.32. The molecule has 7 nitrogen and oxygen atoms in total. The van der Waals surface area contributed by atoms with E-state index in [1.807, 2.05) is 60.7 Å². The molecule has 39 heavy (non-hydrogen) atoms. The molecule has 4 aromatic rings. The van der Waals surface area contributed by atoms with Gasteiger partial charge in [-0.15, -0.1) is 0 Å². The Labute approximate surface area is 220 Å². The number of nitrogens with two attached hydrogens (primary N) is 1. The van der Waals surface area contributed by atoms with Crippen LogP contribution >= 0.6 is 0 Å². The molecule has 0 spiro atoms. The first-order valence-electron chi connectivity index (χ1n) is 12.0. The number of amides is 1. The summed E-state index contributed by atoms with van der Waals surface area (Å²) in [6.07, 6.45) is -5.60. The Bertz CT molecular complexity index is 1530. The number of halogens is 4. The first kappa shape index (κ1) is 26.0. The van der Waals surface area contributed by atoms with Gasteiger partial charge in [-0.3, -0.25) is 9.36 Å². The van der Waals surface area contributed by atoms with E-state index in [9.17, 15) is 27.2 Å². The summed E-state index contributed by atoms with van der Waals surface area (Å²) in [4.78, 5) is 32.0. The van der Waals surface area contributed by atoms with Gasteiger partial charge in [0.2, 0.25) is 5.95 Å². The third kappa shape index (κ3) is 5.20. The van der Waals surface area contributed by atoms with E-state index in [1.54, 1.807) is 0 Å². The predicted molar refractivity (Wildman–Crippen MR) is 135 cm³/mol. The minimum absolute atomic E-state index is 0.0519. The average molecular weight is 539 g/mol. The molecule has 1 aromatic heterocycles. The summed E-state index contributed by atoms with van der Waals surface area (Å²) >= 11 is 0. The van der Waals surface area contributed by atoms with Crippen LogP contribution in [0.1, 0.15) is 34.0 Å². The van der Waals surface area contributed by atoms with Crippen LogP contribution in [-0.2, 0) is 19.1 Å². The second-order valence-electron chi connectivity index (χ2n) is 8.98. The number of hydrogen-bond donors (Lipinski definition) is 1. The van der Waals surface area contributed by atoms with E-state index in [1.165, 1.54) is 9.47 Å². The highest BCUT2D eigenvalue weighted by atomic mass is 19.4. The van der Waals surface area contributed by atoms with Crippen molar-refractivity contribution >= 4 is 12.0 Å². The van der Waals surface area contributed by atoms with Crippen LogP contribution in [0.5, 0.6) is 5.75 Å². The number of aromatic nitrogens is 2. The average Bonchev–Trinajstić information content (AvgIpc) is 2.92. The predicted octanol–water partition coefficient (Wildman–Crippen LogP) is 5.18. The molecule has 3 aromatic carbocycles. The van der Waals surface area contributed by atoms with Gasteiger partial charge >= 0.3 is 12.3 Å². The van der Waals surface area contributed by atoms with Crippen molar-refractivity contribution in [2.24, 2.45) is 0 Å². The van der Waals surface area contributed by atoms with E-state index in [-0.39, 0.29) is 42.8 Å². The van der Waals surface area contributed by atoms with Gasteiger partial charge < -0.3 is 15.4 Å². The number of rotatable bonds is 4. The summed E-state index contributed by atoms with van der Waals surface area (Å²) in [5.41, 5.74) is 7.07. The van der Waals surface area contributed by atoms with Crippen molar-refractivity contribution in [2.45, 2.75) is 25.2 Å². The van der Waals surface area contributed by atoms with Crippen LogP contribution in [0.2, 0.25) is 0 Å². The molecule has 1 aliphatic rings. The number of carbonyl (C=O) groups excluding carboxylic acids is 1. The first-order chi connectivity index (χ1) is 18.6. The number of ether oxygens (including phenoxy) is 1. The van der Waals surface area contributed by atoms with E-state index in [0.717, 1.165) is 17.2 Å². The van der Waals surface area contributed by atoms with Crippen molar-refractivity contribution in [3.8, 4) is 5.75 Å². The number of alkyl halides is 3. The summed E-state index contributed by atoms with van der Waals surface area (Å²) in [5.74, 6) is -2.02. The lowest BCUT2D eigenvalue weighted by molar-refractivity contribution is -0.137. The van der Waals surface area contributed by atoms with E-state index in [2.05, 4.69) is 4.98 Å². The van der Waals surface area contributed by atoms with Gasteiger partial charge in [-0.1, -0.05) is 60.7 Å². The first-order valence-corrected chi connectivity index (χ1v) is 12.0. The topological polar surface area (TPSA) is 90.5 Å². The van der Waals surface area contributed by atoms with Gasteiger partial charge in [0.1, 0.15) is 0 Å². The lowest BCUT2D eigenvalue weighted by Gasteiger charge is -2.29. The summed E-state index contributed by atoms with van der Waals surface area (Å²) < 4.78 is 59.0. The molecule has 2 N–H and O–H groups in total. The summed E-state index contributed by atoms with van der Waals surface area (Å²) in [6.45, 7) is -0.0890. The molecule has 0 aliphatic carbocycles. The molecular formula is C28H22F4N4O3. The second-order valence-corrected chi connectivity index (χ2v) is 8.98. The Morgan fingerprint density at radius 2 is 1.59 bits per heavy atom. The van der Waals surface area contributed by atoms with Crippen LogP contribution in [0.25, 0.3) is 0 Å². The van der Waals surface area contributed by atoms with Gasteiger partial charge in [0.05, 0.1) is 23.8 Å². The molecular weight excluding hydrogens is 516 g/mol. The van der Waals surface area contributed by atoms with Crippen LogP contribution in [0, 0.1) is 5.82 Å². The summed E-state index contributed by atoms with van der Waals surface area (Å²) in [6, 6.07) is 19.8. The molecule has 1 aliphatic heterocycles. The Kier molecular flexibility index (Phi) is 6.81. The van der Waals surface area contributed by atoms with Crippen LogP contribution in [0.15, 0.2) is 83.7 Å². The molecule has 1 amide bonds. The Morgan fingerprint density at radius 1 is 0.974 bits per heavy atom. The monoisotopic (exact) mass is 538 g/mol. The highest BCUT2D eigenvalue weighted by molar-refractivity contribution is 5.71. The molecule has 0 atom stereocenters. The third-order valence-corrected chi connectivity index (χ3v) is 6.50.